The van der Waals surface area contributed by atoms with E-state index in [0.29, 0.717) is 11.0 Å². The number of hydrogen-bond donors (Lipinski definition) is 3. The lowest BCUT2D eigenvalue weighted by Crippen LogP contribution is -2.31. The Hall–Kier alpha value is -1.95. The number of hydrogen-bond acceptors (Lipinski definition) is 4. The largest absolute Gasteiger partial charge is 0.358 e. The van der Waals surface area contributed by atoms with Crippen LogP contribution in [0.1, 0.15) is 10.5 Å². The van der Waals surface area contributed by atoms with E-state index in [9.17, 15) is 4.79 Å². The zero-order valence-electron chi connectivity index (χ0n) is 6.61. The van der Waals surface area contributed by atoms with Crippen molar-refractivity contribution in [1.29, 1.82) is 0 Å². The number of fused-ring (bicyclic) bond motifs is 1. The molecule has 66 valence electrons. The molecule has 6 nitrogen and oxygen atoms in total. The van der Waals surface area contributed by atoms with Crippen molar-refractivity contribution in [2.24, 2.45) is 5.84 Å². The number of nitrogens with zero attached hydrogens (tertiary/aromatic N) is 2. The predicted molar refractivity (Wildman–Crippen MR) is 45.5 cm³/mol. The van der Waals surface area contributed by atoms with Gasteiger partial charge in [-0.25, -0.2) is 15.8 Å². The Morgan fingerprint density at radius 3 is 3.15 bits per heavy atom. The first-order valence-electron chi connectivity index (χ1n) is 3.62. The number of carbonyl (C=O) groups is 1. The van der Waals surface area contributed by atoms with Crippen LogP contribution in [0.2, 0.25) is 0 Å². The topological polar surface area (TPSA) is 96.7 Å². The number of aromatic amines is 1. The summed E-state index contributed by atoms with van der Waals surface area (Å²) in [6, 6.07) is 1.75. The zero-order valence-corrected chi connectivity index (χ0v) is 6.61. The van der Waals surface area contributed by atoms with Gasteiger partial charge in [-0.1, -0.05) is 0 Å². The molecule has 0 atom stereocenters. The van der Waals surface area contributed by atoms with Gasteiger partial charge in [0, 0.05) is 6.20 Å². The van der Waals surface area contributed by atoms with E-state index in [2.05, 4.69) is 15.0 Å². The SMILES string of the molecule is NNC(=O)c1ncnc2cc[nH]c12. The van der Waals surface area contributed by atoms with Crippen LogP contribution in [0.15, 0.2) is 18.6 Å². The molecular formula is C7H7N5O. The van der Waals surface area contributed by atoms with Gasteiger partial charge < -0.3 is 4.98 Å². The average molecular weight is 177 g/mol. The van der Waals surface area contributed by atoms with Crippen molar-refractivity contribution in [1.82, 2.24) is 20.4 Å². The minimum absolute atomic E-state index is 0.248. The highest BCUT2D eigenvalue weighted by Crippen LogP contribution is 2.10. The molecule has 0 saturated heterocycles. The Morgan fingerprint density at radius 2 is 2.38 bits per heavy atom. The summed E-state index contributed by atoms with van der Waals surface area (Å²) in [6.07, 6.45) is 3.01. The van der Waals surface area contributed by atoms with Crippen LogP contribution in [-0.2, 0) is 0 Å². The predicted octanol–water partition coefficient (Wildman–Crippen LogP) is -0.439. The summed E-state index contributed by atoms with van der Waals surface area (Å²) in [4.78, 5) is 21.8. The summed E-state index contributed by atoms with van der Waals surface area (Å²) in [7, 11) is 0. The average Bonchev–Trinajstić information content (AvgIpc) is 2.63. The molecule has 0 aliphatic rings. The second-order valence-corrected chi connectivity index (χ2v) is 2.43. The minimum Gasteiger partial charge on any atom is -0.358 e. The van der Waals surface area contributed by atoms with E-state index in [4.69, 9.17) is 5.84 Å². The summed E-state index contributed by atoms with van der Waals surface area (Å²) >= 11 is 0. The molecule has 2 rings (SSSR count). The van der Waals surface area contributed by atoms with Gasteiger partial charge in [0.05, 0.1) is 11.0 Å². The normalized spacial score (nSPS) is 10.2. The third-order valence-corrected chi connectivity index (χ3v) is 1.69. The van der Waals surface area contributed by atoms with Gasteiger partial charge in [-0.3, -0.25) is 10.2 Å². The molecule has 2 aromatic heterocycles. The van der Waals surface area contributed by atoms with Crippen LogP contribution in [0.25, 0.3) is 11.0 Å². The van der Waals surface area contributed by atoms with Crippen molar-refractivity contribution in [3.8, 4) is 0 Å². The number of nitrogens with two attached hydrogens (primary N) is 1. The molecule has 0 aliphatic carbocycles. The Bertz CT molecular complexity index is 449. The van der Waals surface area contributed by atoms with E-state index in [1.54, 1.807) is 12.3 Å². The molecule has 0 radical (unpaired) electrons. The quantitative estimate of drug-likeness (QED) is 0.312. The molecule has 0 unspecified atom stereocenters. The highest BCUT2D eigenvalue weighted by Gasteiger charge is 2.10. The van der Waals surface area contributed by atoms with E-state index < -0.39 is 5.91 Å². The first kappa shape index (κ1) is 7.69. The van der Waals surface area contributed by atoms with Gasteiger partial charge in [-0.15, -0.1) is 0 Å². The third-order valence-electron chi connectivity index (χ3n) is 1.69. The highest BCUT2D eigenvalue weighted by atomic mass is 16.2. The molecule has 0 spiro atoms. The fourth-order valence-corrected chi connectivity index (χ4v) is 1.11. The number of H-pyrrole nitrogens is 1. The zero-order chi connectivity index (χ0) is 9.26. The van der Waals surface area contributed by atoms with Crippen LogP contribution in [-0.4, -0.2) is 20.9 Å². The lowest BCUT2D eigenvalue weighted by Gasteiger charge is -1.98. The molecule has 4 N–H and O–H groups in total. The first-order chi connectivity index (χ1) is 6.33. The molecule has 1 amide bonds. The van der Waals surface area contributed by atoms with E-state index in [-0.39, 0.29) is 5.69 Å². The summed E-state index contributed by atoms with van der Waals surface area (Å²) in [5.74, 6) is 4.55. The van der Waals surface area contributed by atoms with Gasteiger partial charge in [0.1, 0.15) is 6.33 Å². The van der Waals surface area contributed by atoms with Crippen LogP contribution >= 0.6 is 0 Å². The van der Waals surface area contributed by atoms with Gasteiger partial charge >= 0.3 is 0 Å². The summed E-state index contributed by atoms with van der Waals surface area (Å²) in [6.45, 7) is 0. The minimum atomic E-state index is -0.435. The monoisotopic (exact) mass is 177 g/mol. The number of carbonyl (C=O) groups excluding carboxylic acids is 1. The number of nitrogen functional groups attached to an aromatic ring is 1. The fraction of sp³-hybridized carbons (Fsp3) is 0. The molecule has 0 fully saturated rings. The standard InChI is InChI=1S/C7H7N5O/c8-12-7(13)6-5-4(1-2-9-5)10-3-11-6/h1-3,9H,8H2,(H,12,13). The molecule has 13 heavy (non-hydrogen) atoms. The van der Waals surface area contributed by atoms with Crippen molar-refractivity contribution in [2.75, 3.05) is 0 Å². The number of rotatable bonds is 1. The smallest absolute Gasteiger partial charge is 0.286 e. The van der Waals surface area contributed by atoms with Crippen LogP contribution in [0, 0.1) is 0 Å². The fourth-order valence-electron chi connectivity index (χ4n) is 1.11. The summed E-state index contributed by atoms with van der Waals surface area (Å²) < 4.78 is 0. The van der Waals surface area contributed by atoms with Crippen LogP contribution in [0.5, 0.6) is 0 Å². The van der Waals surface area contributed by atoms with Crippen molar-refractivity contribution >= 4 is 16.9 Å². The van der Waals surface area contributed by atoms with Crippen molar-refractivity contribution in [2.45, 2.75) is 0 Å². The molecule has 0 saturated carbocycles. The maximum atomic E-state index is 11.2. The van der Waals surface area contributed by atoms with Gasteiger partial charge in [0.15, 0.2) is 5.69 Å². The van der Waals surface area contributed by atoms with E-state index >= 15 is 0 Å². The van der Waals surface area contributed by atoms with E-state index in [1.807, 2.05) is 5.43 Å². The van der Waals surface area contributed by atoms with Gasteiger partial charge in [0.2, 0.25) is 0 Å². The number of amides is 1. The summed E-state index contributed by atoms with van der Waals surface area (Å²) in [5, 5.41) is 0. The number of nitrogens with one attached hydrogen (secondary N) is 2. The highest BCUT2D eigenvalue weighted by molar-refractivity contribution is 6.02. The number of hydrazine groups is 1. The molecular weight excluding hydrogens is 170 g/mol. The molecule has 0 bridgehead atoms. The Balaban J connectivity index is 2.67. The molecule has 6 heteroatoms. The van der Waals surface area contributed by atoms with Crippen LogP contribution in [0.3, 0.4) is 0 Å². The maximum Gasteiger partial charge on any atom is 0.286 e. The van der Waals surface area contributed by atoms with Crippen molar-refractivity contribution in [3.63, 3.8) is 0 Å². The summed E-state index contributed by atoms with van der Waals surface area (Å²) in [5.41, 5.74) is 3.54. The Kier molecular flexibility index (Phi) is 1.67. The van der Waals surface area contributed by atoms with Crippen LogP contribution < -0.4 is 11.3 Å². The van der Waals surface area contributed by atoms with E-state index in [1.165, 1.54) is 6.33 Å². The molecule has 2 aromatic rings. The lowest BCUT2D eigenvalue weighted by molar-refractivity contribution is 0.0950. The van der Waals surface area contributed by atoms with Gasteiger partial charge in [0.25, 0.3) is 5.91 Å². The van der Waals surface area contributed by atoms with E-state index in [0.717, 1.165) is 0 Å². The van der Waals surface area contributed by atoms with Gasteiger partial charge in [-0.2, -0.15) is 0 Å². The maximum absolute atomic E-state index is 11.2. The Labute approximate surface area is 73.1 Å². The van der Waals surface area contributed by atoms with Crippen molar-refractivity contribution < 1.29 is 4.79 Å². The Morgan fingerprint density at radius 1 is 1.54 bits per heavy atom. The van der Waals surface area contributed by atoms with Crippen molar-refractivity contribution in [3.05, 3.63) is 24.3 Å². The molecule has 2 heterocycles. The second-order valence-electron chi connectivity index (χ2n) is 2.43. The lowest BCUT2D eigenvalue weighted by atomic mass is 10.3. The van der Waals surface area contributed by atoms with Crippen LogP contribution in [0.4, 0.5) is 0 Å². The van der Waals surface area contributed by atoms with Gasteiger partial charge in [-0.05, 0) is 6.07 Å². The number of aromatic nitrogens is 3. The first-order valence-corrected chi connectivity index (χ1v) is 3.62. The second kappa shape index (κ2) is 2.83. The molecule has 0 aromatic carbocycles. The molecule has 0 aliphatic heterocycles. The third kappa shape index (κ3) is 1.13.